The van der Waals surface area contributed by atoms with Gasteiger partial charge in [-0.3, -0.25) is 0 Å². The highest BCUT2D eigenvalue weighted by Crippen LogP contribution is 2.36. The van der Waals surface area contributed by atoms with Crippen LogP contribution < -0.4 is 15.2 Å². The number of ether oxygens (including phenoxy) is 2. The van der Waals surface area contributed by atoms with Crippen molar-refractivity contribution in [1.29, 1.82) is 0 Å². The standard InChI is InChI=1S/C14H18N2O2/c1-9(15)5-10-8-16(2)12-7-14-13(6-11(10)12)17-3-4-18-14/h6-9H,3-5,15H2,1-2H3. The number of fused-ring (bicyclic) bond motifs is 2. The van der Waals surface area contributed by atoms with E-state index in [1.54, 1.807) is 0 Å². The quantitative estimate of drug-likeness (QED) is 0.879. The second-order valence-electron chi connectivity index (χ2n) is 4.96. The largest absolute Gasteiger partial charge is 0.486 e. The number of aromatic nitrogens is 1. The third kappa shape index (κ3) is 1.82. The lowest BCUT2D eigenvalue weighted by atomic mass is 10.1. The van der Waals surface area contributed by atoms with Gasteiger partial charge in [-0.25, -0.2) is 0 Å². The van der Waals surface area contributed by atoms with Crippen molar-refractivity contribution in [3.8, 4) is 11.5 Å². The monoisotopic (exact) mass is 246 g/mol. The third-order valence-electron chi connectivity index (χ3n) is 3.28. The highest BCUT2D eigenvalue weighted by molar-refractivity contribution is 5.87. The number of aryl methyl sites for hydroxylation is 1. The molecule has 1 aliphatic heterocycles. The van der Waals surface area contributed by atoms with Crippen molar-refractivity contribution in [3.63, 3.8) is 0 Å². The summed E-state index contributed by atoms with van der Waals surface area (Å²) in [5.41, 5.74) is 8.32. The van der Waals surface area contributed by atoms with E-state index < -0.39 is 0 Å². The molecular weight excluding hydrogens is 228 g/mol. The molecule has 0 radical (unpaired) electrons. The molecule has 4 nitrogen and oxygen atoms in total. The zero-order valence-electron chi connectivity index (χ0n) is 10.8. The Morgan fingerprint density at radius 3 is 2.61 bits per heavy atom. The van der Waals surface area contributed by atoms with Crippen molar-refractivity contribution < 1.29 is 9.47 Å². The van der Waals surface area contributed by atoms with Gasteiger partial charge in [-0.05, 0) is 25.0 Å². The maximum absolute atomic E-state index is 5.90. The molecule has 1 aromatic carbocycles. The van der Waals surface area contributed by atoms with Crippen LogP contribution in [-0.2, 0) is 13.5 Å². The fourth-order valence-corrected chi connectivity index (χ4v) is 2.51. The summed E-state index contributed by atoms with van der Waals surface area (Å²) in [6.45, 7) is 3.26. The van der Waals surface area contributed by atoms with Crippen LogP contribution in [0.5, 0.6) is 11.5 Å². The van der Waals surface area contributed by atoms with Crippen LogP contribution >= 0.6 is 0 Å². The topological polar surface area (TPSA) is 49.4 Å². The smallest absolute Gasteiger partial charge is 0.163 e. The fraction of sp³-hybridized carbons (Fsp3) is 0.429. The average molecular weight is 246 g/mol. The molecule has 1 aliphatic rings. The van der Waals surface area contributed by atoms with Gasteiger partial charge in [-0.15, -0.1) is 0 Å². The Bertz CT molecular complexity index is 587. The van der Waals surface area contributed by atoms with Crippen LogP contribution in [-0.4, -0.2) is 23.8 Å². The van der Waals surface area contributed by atoms with Gasteiger partial charge in [0, 0.05) is 30.7 Å². The molecule has 2 heterocycles. The zero-order valence-corrected chi connectivity index (χ0v) is 10.8. The van der Waals surface area contributed by atoms with Crippen LogP contribution in [0.1, 0.15) is 12.5 Å². The summed E-state index contributed by atoms with van der Waals surface area (Å²) >= 11 is 0. The van der Waals surface area contributed by atoms with Crippen LogP contribution in [0.15, 0.2) is 18.3 Å². The maximum Gasteiger partial charge on any atom is 0.163 e. The van der Waals surface area contributed by atoms with Gasteiger partial charge in [0.25, 0.3) is 0 Å². The molecule has 1 atom stereocenters. The second-order valence-corrected chi connectivity index (χ2v) is 4.96. The van der Waals surface area contributed by atoms with Crippen molar-refractivity contribution in [2.24, 2.45) is 12.8 Å². The summed E-state index contributed by atoms with van der Waals surface area (Å²) in [4.78, 5) is 0. The molecule has 1 aromatic heterocycles. The number of rotatable bonds is 2. The predicted octanol–water partition coefficient (Wildman–Crippen LogP) is 1.84. The van der Waals surface area contributed by atoms with E-state index in [-0.39, 0.29) is 6.04 Å². The van der Waals surface area contributed by atoms with Crippen molar-refractivity contribution >= 4 is 10.9 Å². The number of nitrogens with two attached hydrogens (primary N) is 1. The molecule has 3 rings (SSSR count). The molecule has 0 aliphatic carbocycles. The molecule has 96 valence electrons. The highest BCUT2D eigenvalue weighted by Gasteiger charge is 2.16. The molecular formula is C14H18N2O2. The maximum atomic E-state index is 5.90. The van der Waals surface area contributed by atoms with E-state index in [9.17, 15) is 0 Å². The predicted molar refractivity (Wildman–Crippen MR) is 71.3 cm³/mol. The van der Waals surface area contributed by atoms with E-state index in [0.29, 0.717) is 13.2 Å². The van der Waals surface area contributed by atoms with Gasteiger partial charge >= 0.3 is 0 Å². The molecule has 2 aromatic rings. The van der Waals surface area contributed by atoms with E-state index in [1.807, 2.05) is 14.0 Å². The van der Waals surface area contributed by atoms with Crippen molar-refractivity contribution in [2.45, 2.75) is 19.4 Å². The Morgan fingerprint density at radius 1 is 1.28 bits per heavy atom. The van der Waals surface area contributed by atoms with Crippen LogP contribution in [0.25, 0.3) is 10.9 Å². The first-order chi connectivity index (χ1) is 8.65. The Hall–Kier alpha value is -1.68. The van der Waals surface area contributed by atoms with Crippen LogP contribution in [0, 0.1) is 0 Å². The first kappa shape index (κ1) is 11.4. The Labute approximate surface area is 106 Å². The Balaban J connectivity index is 2.16. The lowest BCUT2D eigenvalue weighted by Crippen LogP contribution is -2.17. The molecule has 0 amide bonds. The van der Waals surface area contributed by atoms with E-state index in [4.69, 9.17) is 15.2 Å². The van der Waals surface area contributed by atoms with Gasteiger partial charge in [0.05, 0.1) is 5.52 Å². The summed E-state index contributed by atoms with van der Waals surface area (Å²) in [6, 6.07) is 4.28. The minimum Gasteiger partial charge on any atom is -0.486 e. The van der Waals surface area contributed by atoms with Crippen molar-refractivity contribution in [2.75, 3.05) is 13.2 Å². The lowest BCUT2D eigenvalue weighted by molar-refractivity contribution is 0.172. The number of hydrogen-bond acceptors (Lipinski definition) is 3. The van der Waals surface area contributed by atoms with E-state index >= 15 is 0 Å². The molecule has 2 N–H and O–H groups in total. The minimum absolute atomic E-state index is 0.156. The van der Waals surface area contributed by atoms with E-state index in [0.717, 1.165) is 23.4 Å². The molecule has 1 unspecified atom stereocenters. The molecule has 0 saturated carbocycles. The van der Waals surface area contributed by atoms with Gasteiger partial charge in [-0.2, -0.15) is 0 Å². The SMILES string of the molecule is CC(N)Cc1cn(C)c2cc3c(cc12)OCCO3. The summed E-state index contributed by atoms with van der Waals surface area (Å²) < 4.78 is 13.4. The van der Waals surface area contributed by atoms with E-state index in [1.165, 1.54) is 10.9 Å². The van der Waals surface area contributed by atoms with E-state index in [2.05, 4.69) is 22.9 Å². The minimum atomic E-state index is 0.156. The second kappa shape index (κ2) is 4.21. The molecule has 0 saturated heterocycles. The molecule has 0 spiro atoms. The van der Waals surface area contributed by atoms with Crippen LogP contribution in [0.4, 0.5) is 0 Å². The molecule has 18 heavy (non-hydrogen) atoms. The molecule has 0 fully saturated rings. The Kier molecular flexibility index (Phi) is 2.67. The lowest BCUT2D eigenvalue weighted by Gasteiger charge is -2.18. The van der Waals surface area contributed by atoms with Gasteiger partial charge in [0.1, 0.15) is 13.2 Å². The van der Waals surface area contributed by atoms with Gasteiger partial charge in [0.2, 0.25) is 0 Å². The average Bonchev–Trinajstić information content (AvgIpc) is 2.63. The summed E-state index contributed by atoms with van der Waals surface area (Å²) in [7, 11) is 2.04. The summed E-state index contributed by atoms with van der Waals surface area (Å²) in [6.07, 6.45) is 3.01. The molecule has 4 heteroatoms. The van der Waals surface area contributed by atoms with Gasteiger partial charge in [-0.1, -0.05) is 0 Å². The fourth-order valence-electron chi connectivity index (χ4n) is 2.51. The molecule has 0 bridgehead atoms. The number of nitrogens with zero attached hydrogens (tertiary/aromatic N) is 1. The number of benzene rings is 1. The zero-order chi connectivity index (χ0) is 12.7. The first-order valence-corrected chi connectivity index (χ1v) is 6.28. The summed E-state index contributed by atoms with van der Waals surface area (Å²) in [5, 5.41) is 1.21. The number of hydrogen-bond donors (Lipinski definition) is 1. The Morgan fingerprint density at radius 2 is 1.94 bits per heavy atom. The van der Waals surface area contributed by atoms with Crippen molar-refractivity contribution in [3.05, 3.63) is 23.9 Å². The van der Waals surface area contributed by atoms with Gasteiger partial charge in [0.15, 0.2) is 11.5 Å². The van der Waals surface area contributed by atoms with Gasteiger partial charge < -0.3 is 19.8 Å². The highest BCUT2D eigenvalue weighted by atomic mass is 16.6. The van der Waals surface area contributed by atoms with Crippen LogP contribution in [0.3, 0.4) is 0 Å². The first-order valence-electron chi connectivity index (χ1n) is 6.28. The normalized spacial score (nSPS) is 15.9. The third-order valence-corrected chi connectivity index (χ3v) is 3.28. The van der Waals surface area contributed by atoms with Crippen LogP contribution in [0.2, 0.25) is 0 Å². The summed E-state index contributed by atoms with van der Waals surface area (Å²) in [5.74, 6) is 1.67. The van der Waals surface area contributed by atoms with Crippen molar-refractivity contribution in [1.82, 2.24) is 4.57 Å².